The molecule has 0 amide bonds. The Labute approximate surface area is 251 Å². The van der Waals surface area contributed by atoms with Gasteiger partial charge in [-0.2, -0.15) is 5.10 Å². The maximum atomic E-state index is 9.50. The van der Waals surface area contributed by atoms with Crippen molar-refractivity contribution in [3.63, 3.8) is 0 Å². The third-order valence-electron chi connectivity index (χ3n) is 8.33. The van der Waals surface area contributed by atoms with Crippen LogP contribution in [0.15, 0.2) is 77.2 Å². The largest absolute Gasteiger partial charge is 0.456 e. The summed E-state index contributed by atoms with van der Waals surface area (Å²) in [7, 11) is 0.500. The van der Waals surface area contributed by atoms with Crippen molar-refractivity contribution in [1.82, 2.24) is 14.8 Å². The summed E-state index contributed by atoms with van der Waals surface area (Å²) < 4.78 is 30.7. The van der Waals surface area contributed by atoms with E-state index in [0.29, 0.717) is 36.0 Å². The maximum Gasteiger partial charge on any atom is 0.196 e. The molecule has 0 fully saturated rings. The number of hydrogen-bond donors (Lipinski definition) is 0. The van der Waals surface area contributed by atoms with Crippen LogP contribution in [-0.4, -0.2) is 21.9 Å². The highest BCUT2D eigenvalue weighted by atomic mass is 19.1. The summed E-state index contributed by atoms with van der Waals surface area (Å²) in [6.45, 7) is 13.1. The number of benzene rings is 4. The van der Waals surface area contributed by atoms with Gasteiger partial charge in [-0.1, -0.05) is 71.0 Å². The van der Waals surface area contributed by atoms with Gasteiger partial charge >= 0.3 is 0 Å². The van der Waals surface area contributed by atoms with Crippen LogP contribution in [0.25, 0.3) is 39.0 Å². The predicted molar refractivity (Wildman–Crippen MR) is 170 cm³/mol. The van der Waals surface area contributed by atoms with E-state index < -0.39 is 0 Å². The Bertz CT molecular complexity index is 1970. The lowest BCUT2D eigenvalue weighted by atomic mass is 9.79. The number of ether oxygens (including phenoxy) is 2. The predicted octanol–water partition coefficient (Wildman–Crippen LogP) is 10.4. The molecule has 3 heterocycles. The van der Waals surface area contributed by atoms with Crippen molar-refractivity contribution in [1.29, 1.82) is 0 Å². The van der Waals surface area contributed by atoms with E-state index in [1.54, 1.807) is 0 Å². The van der Waals surface area contributed by atoms with Gasteiger partial charge in [-0.05, 0) is 72.2 Å². The van der Waals surface area contributed by atoms with Crippen LogP contribution in [0.4, 0.5) is 4.39 Å². The number of halogens is 1. The molecular weight excluding hydrogens is 541 g/mol. The van der Waals surface area contributed by atoms with Crippen LogP contribution in [-0.2, 0) is 5.41 Å². The van der Waals surface area contributed by atoms with Crippen molar-refractivity contribution in [2.24, 2.45) is 0 Å². The number of aryl methyl sites for hydroxylation is 1. The first kappa shape index (κ1) is 28.5. The number of aromatic nitrogens is 3. The highest BCUT2D eigenvalue weighted by molar-refractivity contribution is 6.06. The van der Waals surface area contributed by atoms with Crippen LogP contribution >= 0.6 is 0 Å². The van der Waals surface area contributed by atoms with Crippen molar-refractivity contribution < 1.29 is 18.3 Å². The highest BCUT2D eigenvalue weighted by Gasteiger charge is 2.31. The van der Waals surface area contributed by atoms with Gasteiger partial charge < -0.3 is 13.9 Å². The number of fused-ring (bicyclic) bond motifs is 5. The van der Waals surface area contributed by atoms with Gasteiger partial charge in [0.2, 0.25) is 0 Å². The first-order chi connectivity index (χ1) is 20.7. The summed E-state index contributed by atoms with van der Waals surface area (Å²) in [5.41, 5.74) is 5.76. The van der Waals surface area contributed by atoms with Crippen LogP contribution in [0.5, 0.6) is 23.0 Å². The summed E-state index contributed by atoms with van der Waals surface area (Å²) >= 11 is 0. The van der Waals surface area contributed by atoms with Crippen molar-refractivity contribution in [3.8, 4) is 40.1 Å². The lowest BCUT2D eigenvalue weighted by Gasteiger charge is -2.28. The van der Waals surface area contributed by atoms with E-state index in [1.165, 1.54) is 5.56 Å². The quantitative estimate of drug-likeness (QED) is 0.204. The van der Waals surface area contributed by atoms with Gasteiger partial charge in [0.05, 0.1) is 7.18 Å². The summed E-state index contributed by atoms with van der Waals surface area (Å²) in [6, 6.07) is 24.5. The van der Waals surface area contributed by atoms with Crippen molar-refractivity contribution in [2.75, 3.05) is 7.18 Å². The van der Waals surface area contributed by atoms with Gasteiger partial charge in [0.15, 0.2) is 28.8 Å². The third-order valence-corrected chi connectivity index (χ3v) is 8.33. The van der Waals surface area contributed by atoms with Crippen LogP contribution in [0.3, 0.4) is 0 Å². The molecular formula is C36H36FN3O3. The zero-order chi connectivity index (χ0) is 30.5. The number of rotatable bonds is 5. The molecule has 6 aromatic rings. The van der Waals surface area contributed by atoms with Crippen LogP contribution in [0.1, 0.15) is 63.9 Å². The van der Waals surface area contributed by atoms with E-state index in [4.69, 9.17) is 24.0 Å². The van der Waals surface area contributed by atoms with E-state index in [0.717, 1.165) is 51.0 Å². The lowest BCUT2D eigenvalue weighted by molar-refractivity contribution is 0.357. The molecule has 0 radical (unpaired) electrons. The molecule has 0 unspecified atom stereocenters. The number of hydrogen-bond acceptors (Lipinski definition) is 5. The van der Waals surface area contributed by atoms with Crippen molar-refractivity contribution in [3.05, 3.63) is 89.7 Å². The van der Waals surface area contributed by atoms with E-state index >= 15 is 0 Å². The summed E-state index contributed by atoms with van der Waals surface area (Å²) in [5.74, 6) is 4.34. The second-order valence-corrected chi connectivity index (χ2v) is 11.8. The first-order valence-corrected chi connectivity index (χ1v) is 14.6. The minimum absolute atomic E-state index is 0.136. The molecule has 7 heteroatoms. The topological polar surface area (TPSA) is 62.3 Å². The Balaban J connectivity index is 0.00000161. The molecule has 0 spiro atoms. The van der Waals surface area contributed by atoms with Gasteiger partial charge in [-0.3, -0.25) is 4.39 Å². The summed E-state index contributed by atoms with van der Waals surface area (Å²) in [4.78, 5) is 5.06. The fourth-order valence-electron chi connectivity index (χ4n) is 5.73. The van der Waals surface area contributed by atoms with Crippen LogP contribution in [0.2, 0.25) is 0 Å². The van der Waals surface area contributed by atoms with Crippen molar-refractivity contribution >= 4 is 21.9 Å². The Morgan fingerprint density at radius 2 is 1.53 bits per heavy atom. The smallest absolute Gasteiger partial charge is 0.196 e. The number of nitrogens with zero attached hydrogens (tertiary/aromatic N) is 3. The summed E-state index contributed by atoms with van der Waals surface area (Å²) in [6.07, 6.45) is 0.949. The lowest BCUT2D eigenvalue weighted by Crippen LogP contribution is -2.18. The van der Waals surface area contributed by atoms with E-state index in [-0.39, 0.29) is 11.3 Å². The highest BCUT2D eigenvalue weighted by Crippen LogP contribution is 2.51. The molecule has 220 valence electrons. The Morgan fingerprint density at radius 1 is 0.837 bits per heavy atom. The molecule has 6 nitrogen and oxygen atoms in total. The number of furan rings is 1. The average molecular weight is 578 g/mol. The zero-order valence-corrected chi connectivity index (χ0v) is 25.7. The SMILES string of the molecule is CCC(C)(C)c1cc2oc3ccccc3c2cc1-c1nc(C)nn1-c1c(C(C)C)ccc2c1Oc1ccccc1O2.CF. The first-order valence-electron chi connectivity index (χ1n) is 14.6. The minimum Gasteiger partial charge on any atom is -0.456 e. The molecule has 1 aliphatic heterocycles. The molecule has 0 bridgehead atoms. The molecule has 0 atom stereocenters. The minimum atomic E-state index is -0.136. The average Bonchev–Trinajstić information content (AvgIpc) is 3.59. The Morgan fingerprint density at radius 3 is 2.26 bits per heavy atom. The normalized spacial score (nSPS) is 12.4. The molecule has 0 N–H and O–H groups in total. The van der Waals surface area contributed by atoms with Gasteiger partial charge in [0.1, 0.15) is 22.7 Å². The fourth-order valence-corrected chi connectivity index (χ4v) is 5.73. The molecule has 4 aromatic carbocycles. The second-order valence-electron chi connectivity index (χ2n) is 11.8. The number of alkyl halides is 1. The van der Waals surface area contributed by atoms with Gasteiger partial charge in [-0.15, -0.1) is 0 Å². The Hall–Kier alpha value is -4.65. The summed E-state index contributed by atoms with van der Waals surface area (Å²) in [5, 5.41) is 7.14. The molecule has 1 aliphatic rings. The van der Waals surface area contributed by atoms with Gasteiger partial charge in [0, 0.05) is 16.3 Å². The molecule has 7 rings (SSSR count). The van der Waals surface area contributed by atoms with E-state index in [1.807, 2.05) is 60.1 Å². The zero-order valence-electron chi connectivity index (χ0n) is 25.7. The van der Waals surface area contributed by atoms with E-state index in [9.17, 15) is 4.39 Å². The fraction of sp³-hybridized carbons (Fsp3) is 0.278. The van der Waals surface area contributed by atoms with Crippen LogP contribution in [0, 0.1) is 6.92 Å². The molecule has 0 saturated heterocycles. The van der Waals surface area contributed by atoms with E-state index in [2.05, 4.69) is 58.9 Å². The molecule has 43 heavy (non-hydrogen) atoms. The third kappa shape index (κ3) is 4.73. The monoisotopic (exact) mass is 577 g/mol. The molecule has 0 aliphatic carbocycles. The Kier molecular flexibility index (Phi) is 7.20. The van der Waals surface area contributed by atoms with Crippen molar-refractivity contribution in [2.45, 2.75) is 59.3 Å². The molecule has 2 aromatic heterocycles. The maximum absolute atomic E-state index is 9.50. The van der Waals surface area contributed by atoms with Gasteiger partial charge in [-0.25, -0.2) is 9.67 Å². The standard InChI is InChI=1S/C35H33N3O3.CH3F/c1-7-35(5,6)26-19-31-24(23-12-8-9-13-27(23)39-31)18-25(26)34-36-21(4)37-38(34)32-22(20(2)3)16-17-30-33(32)41-29-15-11-10-14-28(29)40-30;1-2/h8-20H,7H2,1-6H3;1H3. The van der Waals surface area contributed by atoms with Gasteiger partial charge in [0.25, 0.3) is 0 Å². The second kappa shape index (κ2) is 10.9. The number of para-hydroxylation sites is 3. The molecule has 0 saturated carbocycles. The van der Waals surface area contributed by atoms with Crippen LogP contribution < -0.4 is 9.47 Å².